The van der Waals surface area contributed by atoms with E-state index in [-0.39, 0.29) is 5.54 Å². The third kappa shape index (κ3) is 4.90. The number of aryl methyl sites for hydroxylation is 1. The quantitative estimate of drug-likeness (QED) is 0.824. The van der Waals surface area contributed by atoms with Gasteiger partial charge >= 0.3 is 0 Å². The van der Waals surface area contributed by atoms with Gasteiger partial charge in [0.2, 0.25) is 0 Å². The first kappa shape index (κ1) is 15.6. The molecule has 0 spiro atoms. The normalized spacial score (nSPS) is 11.6. The Bertz CT molecular complexity index is 553. The minimum Gasteiger partial charge on any atom is -0.497 e. The van der Waals surface area contributed by atoms with Crippen LogP contribution in [-0.4, -0.2) is 24.2 Å². The van der Waals surface area contributed by atoms with Crippen LogP contribution in [0, 0.1) is 0 Å². The van der Waals surface area contributed by atoms with Gasteiger partial charge < -0.3 is 14.5 Å². The first-order valence-corrected chi connectivity index (χ1v) is 7.32. The van der Waals surface area contributed by atoms with E-state index in [4.69, 9.17) is 9.15 Å². The van der Waals surface area contributed by atoms with Crippen molar-refractivity contribution in [1.82, 2.24) is 10.3 Å². The number of methoxy groups -OCH3 is 1. The van der Waals surface area contributed by atoms with Crippen molar-refractivity contribution in [2.45, 2.75) is 39.2 Å². The van der Waals surface area contributed by atoms with E-state index < -0.39 is 0 Å². The molecule has 4 heteroatoms. The third-order valence-corrected chi connectivity index (χ3v) is 3.15. The zero-order valence-electron chi connectivity index (χ0n) is 13.3. The maximum atomic E-state index is 5.80. The standard InChI is InChI=1S/C17H24N2O2/c1-17(2,3)19-11-5-6-16-18-12-15(21-16)13-7-9-14(20-4)10-8-13/h7-10,12,19H,5-6,11H2,1-4H3. The summed E-state index contributed by atoms with van der Waals surface area (Å²) in [5.41, 5.74) is 1.17. The number of benzene rings is 1. The van der Waals surface area contributed by atoms with Crippen LogP contribution in [0.1, 0.15) is 33.1 Å². The van der Waals surface area contributed by atoms with Crippen molar-refractivity contribution in [1.29, 1.82) is 0 Å². The van der Waals surface area contributed by atoms with E-state index in [1.54, 1.807) is 13.3 Å². The summed E-state index contributed by atoms with van der Waals surface area (Å²) < 4.78 is 10.9. The summed E-state index contributed by atoms with van der Waals surface area (Å²) in [7, 11) is 1.66. The van der Waals surface area contributed by atoms with Crippen LogP contribution in [0.3, 0.4) is 0 Å². The molecule has 0 saturated heterocycles. The summed E-state index contributed by atoms with van der Waals surface area (Å²) >= 11 is 0. The lowest BCUT2D eigenvalue weighted by Gasteiger charge is -2.19. The molecule has 4 nitrogen and oxygen atoms in total. The van der Waals surface area contributed by atoms with Crippen molar-refractivity contribution in [3.05, 3.63) is 36.4 Å². The third-order valence-electron chi connectivity index (χ3n) is 3.15. The van der Waals surface area contributed by atoms with E-state index >= 15 is 0 Å². The highest BCUT2D eigenvalue weighted by Crippen LogP contribution is 2.23. The molecule has 0 aliphatic heterocycles. The number of rotatable bonds is 6. The molecule has 114 valence electrons. The molecule has 1 heterocycles. The lowest BCUT2D eigenvalue weighted by atomic mass is 10.1. The summed E-state index contributed by atoms with van der Waals surface area (Å²) in [6.07, 6.45) is 3.65. The SMILES string of the molecule is COc1ccc(-c2cnc(CCCNC(C)(C)C)o2)cc1. The summed E-state index contributed by atoms with van der Waals surface area (Å²) in [6, 6.07) is 7.80. The summed E-state index contributed by atoms with van der Waals surface area (Å²) in [4.78, 5) is 4.34. The molecular weight excluding hydrogens is 264 g/mol. The summed E-state index contributed by atoms with van der Waals surface area (Å²) in [5.74, 6) is 2.43. The highest BCUT2D eigenvalue weighted by Gasteiger charge is 2.09. The van der Waals surface area contributed by atoms with Gasteiger partial charge in [-0.05, 0) is 58.0 Å². The zero-order valence-corrected chi connectivity index (χ0v) is 13.3. The van der Waals surface area contributed by atoms with Gasteiger partial charge in [0.05, 0.1) is 13.3 Å². The van der Waals surface area contributed by atoms with Crippen LogP contribution < -0.4 is 10.1 Å². The van der Waals surface area contributed by atoms with Gasteiger partial charge in [-0.25, -0.2) is 4.98 Å². The highest BCUT2D eigenvalue weighted by atomic mass is 16.5. The maximum Gasteiger partial charge on any atom is 0.194 e. The van der Waals surface area contributed by atoms with Crippen molar-refractivity contribution >= 4 is 0 Å². The minimum atomic E-state index is 0.158. The molecule has 0 saturated carbocycles. The molecule has 0 bridgehead atoms. The van der Waals surface area contributed by atoms with Gasteiger partial charge in [0, 0.05) is 17.5 Å². The van der Waals surface area contributed by atoms with Gasteiger partial charge in [-0.3, -0.25) is 0 Å². The van der Waals surface area contributed by atoms with Crippen molar-refractivity contribution < 1.29 is 9.15 Å². The fourth-order valence-corrected chi connectivity index (χ4v) is 2.02. The molecule has 0 fully saturated rings. The number of aromatic nitrogens is 1. The van der Waals surface area contributed by atoms with Gasteiger partial charge in [-0.2, -0.15) is 0 Å². The average molecular weight is 288 g/mol. The van der Waals surface area contributed by atoms with Crippen LogP contribution >= 0.6 is 0 Å². The van der Waals surface area contributed by atoms with E-state index in [1.165, 1.54) is 0 Å². The lowest BCUT2D eigenvalue weighted by Crippen LogP contribution is -2.36. The van der Waals surface area contributed by atoms with E-state index in [0.717, 1.165) is 42.4 Å². The van der Waals surface area contributed by atoms with Crippen LogP contribution in [0.5, 0.6) is 5.75 Å². The largest absolute Gasteiger partial charge is 0.497 e. The Morgan fingerprint density at radius 2 is 1.90 bits per heavy atom. The van der Waals surface area contributed by atoms with Crippen LogP contribution in [0.15, 0.2) is 34.9 Å². The number of hydrogen-bond donors (Lipinski definition) is 1. The molecule has 2 rings (SSSR count). The maximum absolute atomic E-state index is 5.80. The van der Waals surface area contributed by atoms with Crippen LogP contribution in [-0.2, 0) is 6.42 Å². The topological polar surface area (TPSA) is 47.3 Å². The number of nitrogens with zero attached hydrogens (tertiary/aromatic N) is 1. The molecule has 0 aliphatic carbocycles. The molecule has 21 heavy (non-hydrogen) atoms. The second kappa shape index (κ2) is 6.76. The van der Waals surface area contributed by atoms with E-state index in [9.17, 15) is 0 Å². The Morgan fingerprint density at radius 1 is 1.19 bits per heavy atom. The Labute approximate surface area is 126 Å². The molecule has 0 unspecified atom stereocenters. The molecule has 1 aromatic heterocycles. The van der Waals surface area contributed by atoms with Gasteiger partial charge in [-0.1, -0.05) is 0 Å². The number of ether oxygens (including phenoxy) is 1. The average Bonchev–Trinajstić information content (AvgIpc) is 2.91. The van der Waals surface area contributed by atoms with Gasteiger partial charge in [0.15, 0.2) is 11.7 Å². The van der Waals surface area contributed by atoms with E-state index in [0.29, 0.717) is 0 Å². The predicted molar refractivity (Wildman–Crippen MR) is 84.6 cm³/mol. The molecule has 0 aliphatic rings. The monoisotopic (exact) mass is 288 g/mol. The van der Waals surface area contributed by atoms with Crippen LogP contribution in [0.2, 0.25) is 0 Å². The number of oxazole rings is 1. The van der Waals surface area contributed by atoms with Crippen molar-refractivity contribution in [2.24, 2.45) is 0 Å². The second-order valence-electron chi connectivity index (χ2n) is 6.13. The van der Waals surface area contributed by atoms with Gasteiger partial charge in [0.1, 0.15) is 5.75 Å². The Morgan fingerprint density at radius 3 is 2.52 bits per heavy atom. The molecule has 1 aromatic carbocycles. The van der Waals surface area contributed by atoms with E-state index in [2.05, 4.69) is 31.1 Å². The second-order valence-corrected chi connectivity index (χ2v) is 6.13. The Hall–Kier alpha value is -1.81. The van der Waals surface area contributed by atoms with Crippen molar-refractivity contribution in [3.63, 3.8) is 0 Å². The van der Waals surface area contributed by atoms with Crippen molar-refractivity contribution in [2.75, 3.05) is 13.7 Å². The summed E-state index contributed by atoms with van der Waals surface area (Å²) in [5, 5.41) is 3.46. The lowest BCUT2D eigenvalue weighted by molar-refractivity contribution is 0.412. The van der Waals surface area contributed by atoms with Gasteiger partial charge in [0.25, 0.3) is 0 Å². The van der Waals surface area contributed by atoms with Crippen LogP contribution in [0.4, 0.5) is 0 Å². The zero-order chi connectivity index (χ0) is 15.3. The van der Waals surface area contributed by atoms with Gasteiger partial charge in [-0.15, -0.1) is 0 Å². The fraction of sp³-hybridized carbons (Fsp3) is 0.471. The van der Waals surface area contributed by atoms with Crippen molar-refractivity contribution in [3.8, 4) is 17.1 Å². The minimum absolute atomic E-state index is 0.158. The summed E-state index contributed by atoms with van der Waals surface area (Å²) in [6.45, 7) is 7.46. The Balaban J connectivity index is 1.88. The highest BCUT2D eigenvalue weighted by molar-refractivity contribution is 5.57. The predicted octanol–water partition coefficient (Wildman–Crippen LogP) is 3.67. The Kier molecular flexibility index (Phi) is 5.02. The molecule has 1 N–H and O–H groups in total. The molecule has 0 atom stereocenters. The van der Waals surface area contributed by atoms with E-state index in [1.807, 2.05) is 24.3 Å². The molecule has 2 aromatic rings. The molecule has 0 radical (unpaired) electrons. The fourth-order valence-electron chi connectivity index (χ4n) is 2.02. The first-order chi connectivity index (χ1) is 9.98. The number of nitrogens with one attached hydrogen (secondary N) is 1. The smallest absolute Gasteiger partial charge is 0.194 e. The molecular formula is C17H24N2O2. The van der Waals surface area contributed by atoms with Crippen LogP contribution in [0.25, 0.3) is 11.3 Å². The number of hydrogen-bond acceptors (Lipinski definition) is 4. The first-order valence-electron chi connectivity index (χ1n) is 7.32. The molecule has 0 amide bonds.